The molecule has 0 N–H and O–H groups in total. The summed E-state index contributed by atoms with van der Waals surface area (Å²) in [6.07, 6.45) is 8.62. The number of unbranched alkanes of at least 4 members (excludes halogenated alkanes) is 2. The van der Waals surface area contributed by atoms with Gasteiger partial charge in [-0.1, -0.05) is 26.7 Å². The van der Waals surface area contributed by atoms with Crippen LogP contribution >= 0.6 is 0 Å². The predicted molar refractivity (Wildman–Crippen MR) is 61.4 cm³/mol. The zero-order valence-corrected chi connectivity index (χ0v) is 9.97. The minimum Gasteiger partial charge on any atom is -0.431 e. The zero-order chi connectivity index (χ0) is 11.1. The summed E-state index contributed by atoms with van der Waals surface area (Å²) in [6.45, 7) is 4.05. The van der Waals surface area contributed by atoms with Crippen molar-refractivity contribution in [2.75, 3.05) is 0 Å². The first-order chi connectivity index (χ1) is 7.27. The maximum Gasteiger partial charge on any atom is 0.310 e. The molecule has 0 aromatic rings. The standard InChI is InChI=1S/C13H22O2/c1-3-5-6-8-11-9-7-10-12(11)15-13(14)4-2/h3-10H2,1-2H3. The summed E-state index contributed by atoms with van der Waals surface area (Å²) < 4.78 is 5.34. The molecule has 0 amide bonds. The Morgan fingerprint density at radius 1 is 1.27 bits per heavy atom. The van der Waals surface area contributed by atoms with Crippen molar-refractivity contribution in [3.63, 3.8) is 0 Å². The summed E-state index contributed by atoms with van der Waals surface area (Å²) in [5, 5.41) is 0. The Morgan fingerprint density at radius 2 is 2.07 bits per heavy atom. The average Bonchev–Trinajstić information content (AvgIpc) is 2.66. The van der Waals surface area contributed by atoms with Crippen LogP contribution in [0.2, 0.25) is 0 Å². The molecule has 15 heavy (non-hydrogen) atoms. The maximum atomic E-state index is 11.2. The number of hydrogen-bond acceptors (Lipinski definition) is 2. The quantitative estimate of drug-likeness (QED) is 0.490. The molecular formula is C13H22O2. The number of allylic oxidation sites excluding steroid dienone is 2. The molecule has 0 bridgehead atoms. The Balaban J connectivity index is 2.42. The normalized spacial score (nSPS) is 15.9. The lowest BCUT2D eigenvalue weighted by atomic mass is 10.1. The fourth-order valence-corrected chi connectivity index (χ4v) is 1.96. The lowest BCUT2D eigenvalue weighted by Gasteiger charge is -2.07. The second-order valence-corrected chi connectivity index (χ2v) is 4.17. The van der Waals surface area contributed by atoms with E-state index in [-0.39, 0.29) is 5.97 Å². The molecule has 2 heteroatoms. The van der Waals surface area contributed by atoms with Gasteiger partial charge in [0.15, 0.2) is 0 Å². The van der Waals surface area contributed by atoms with E-state index in [2.05, 4.69) is 6.92 Å². The third kappa shape index (κ3) is 4.06. The Bertz CT molecular complexity index is 241. The highest BCUT2D eigenvalue weighted by atomic mass is 16.5. The van der Waals surface area contributed by atoms with Crippen LogP contribution in [-0.2, 0) is 9.53 Å². The van der Waals surface area contributed by atoms with Gasteiger partial charge in [0.2, 0.25) is 0 Å². The van der Waals surface area contributed by atoms with Gasteiger partial charge in [0.25, 0.3) is 0 Å². The van der Waals surface area contributed by atoms with E-state index in [0.717, 1.165) is 31.4 Å². The van der Waals surface area contributed by atoms with Crippen LogP contribution in [0.25, 0.3) is 0 Å². The summed E-state index contributed by atoms with van der Waals surface area (Å²) in [5.41, 5.74) is 1.39. The first-order valence-corrected chi connectivity index (χ1v) is 6.19. The van der Waals surface area contributed by atoms with E-state index in [1.165, 1.54) is 24.8 Å². The smallest absolute Gasteiger partial charge is 0.310 e. The summed E-state index contributed by atoms with van der Waals surface area (Å²) in [4.78, 5) is 11.2. The number of carbonyl (C=O) groups excluding carboxylic acids is 1. The van der Waals surface area contributed by atoms with Crippen molar-refractivity contribution in [1.82, 2.24) is 0 Å². The molecule has 0 saturated carbocycles. The largest absolute Gasteiger partial charge is 0.431 e. The molecule has 0 aromatic carbocycles. The zero-order valence-electron chi connectivity index (χ0n) is 9.97. The molecule has 0 radical (unpaired) electrons. The summed E-state index contributed by atoms with van der Waals surface area (Å²) >= 11 is 0. The molecule has 0 spiro atoms. The minimum absolute atomic E-state index is 0.0834. The maximum absolute atomic E-state index is 11.2. The van der Waals surface area contributed by atoms with E-state index >= 15 is 0 Å². The van der Waals surface area contributed by atoms with Gasteiger partial charge in [-0.3, -0.25) is 4.79 Å². The molecule has 0 aliphatic heterocycles. The van der Waals surface area contributed by atoms with Crippen LogP contribution in [0.3, 0.4) is 0 Å². The molecule has 1 aliphatic carbocycles. The molecule has 2 nitrogen and oxygen atoms in total. The second-order valence-electron chi connectivity index (χ2n) is 4.17. The van der Waals surface area contributed by atoms with Crippen LogP contribution in [0, 0.1) is 0 Å². The van der Waals surface area contributed by atoms with Gasteiger partial charge in [0.05, 0.1) is 0 Å². The van der Waals surface area contributed by atoms with Crippen molar-refractivity contribution < 1.29 is 9.53 Å². The SMILES string of the molecule is CCCCCC1=C(OC(=O)CC)CCC1. The van der Waals surface area contributed by atoms with E-state index < -0.39 is 0 Å². The monoisotopic (exact) mass is 210 g/mol. The fraction of sp³-hybridized carbons (Fsp3) is 0.769. The molecule has 0 fully saturated rings. The Morgan fingerprint density at radius 3 is 2.73 bits per heavy atom. The van der Waals surface area contributed by atoms with Crippen LogP contribution in [0.15, 0.2) is 11.3 Å². The lowest BCUT2D eigenvalue weighted by Crippen LogP contribution is -2.02. The third-order valence-electron chi connectivity index (χ3n) is 2.88. The van der Waals surface area contributed by atoms with Crippen LogP contribution in [-0.4, -0.2) is 5.97 Å². The number of ether oxygens (including phenoxy) is 1. The number of rotatable bonds is 6. The first kappa shape index (κ1) is 12.3. The predicted octanol–water partition coefficient (Wildman–Crippen LogP) is 3.96. The van der Waals surface area contributed by atoms with Gasteiger partial charge in [0.1, 0.15) is 5.76 Å². The Labute approximate surface area is 92.7 Å². The molecule has 86 valence electrons. The van der Waals surface area contributed by atoms with Crippen molar-refractivity contribution in [3.05, 3.63) is 11.3 Å². The number of hydrogen-bond donors (Lipinski definition) is 0. The third-order valence-corrected chi connectivity index (χ3v) is 2.88. The van der Waals surface area contributed by atoms with Gasteiger partial charge in [-0.25, -0.2) is 0 Å². The van der Waals surface area contributed by atoms with E-state index in [1.54, 1.807) is 0 Å². The minimum atomic E-state index is -0.0834. The van der Waals surface area contributed by atoms with Crippen molar-refractivity contribution in [2.24, 2.45) is 0 Å². The summed E-state index contributed by atoms with van der Waals surface area (Å²) in [5.74, 6) is 0.901. The second kappa shape index (κ2) is 6.65. The lowest BCUT2D eigenvalue weighted by molar-refractivity contribution is -0.139. The van der Waals surface area contributed by atoms with E-state index in [9.17, 15) is 4.79 Å². The first-order valence-electron chi connectivity index (χ1n) is 6.19. The van der Waals surface area contributed by atoms with E-state index in [1.807, 2.05) is 6.92 Å². The molecule has 0 saturated heterocycles. The highest BCUT2D eigenvalue weighted by Gasteiger charge is 2.17. The molecule has 0 heterocycles. The average molecular weight is 210 g/mol. The van der Waals surface area contributed by atoms with Gasteiger partial charge in [0, 0.05) is 12.8 Å². The van der Waals surface area contributed by atoms with E-state index in [4.69, 9.17) is 4.74 Å². The van der Waals surface area contributed by atoms with Crippen LogP contribution < -0.4 is 0 Å². The fourth-order valence-electron chi connectivity index (χ4n) is 1.96. The summed E-state index contributed by atoms with van der Waals surface area (Å²) in [6, 6.07) is 0. The summed E-state index contributed by atoms with van der Waals surface area (Å²) in [7, 11) is 0. The van der Waals surface area contributed by atoms with Crippen molar-refractivity contribution in [2.45, 2.75) is 65.2 Å². The Kier molecular flexibility index (Phi) is 5.44. The van der Waals surface area contributed by atoms with Crippen molar-refractivity contribution in [3.8, 4) is 0 Å². The van der Waals surface area contributed by atoms with E-state index in [0.29, 0.717) is 6.42 Å². The van der Waals surface area contributed by atoms with Gasteiger partial charge >= 0.3 is 5.97 Å². The highest BCUT2D eigenvalue weighted by molar-refractivity contribution is 5.70. The van der Waals surface area contributed by atoms with Gasteiger partial charge in [-0.2, -0.15) is 0 Å². The topological polar surface area (TPSA) is 26.3 Å². The van der Waals surface area contributed by atoms with Crippen LogP contribution in [0.1, 0.15) is 65.2 Å². The molecule has 1 aliphatic rings. The molecule has 0 aromatic heterocycles. The van der Waals surface area contributed by atoms with Crippen LogP contribution in [0.4, 0.5) is 0 Å². The number of esters is 1. The van der Waals surface area contributed by atoms with Gasteiger partial charge < -0.3 is 4.74 Å². The molecular weight excluding hydrogens is 188 g/mol. The molecule has 0 unspecified atom stereocenters. The Hall–Kier alpha value is -0.790. The van der Waals surface area contributed by atoms with Gasteiger partial charge in [-0.15, -0.1) is 0 Å². The van der Waals surface area contributed by atoms with Crippen molar-refractivity contribution in [1.29, 1.82) is 0 Å². The van der Waals surface area contributed by atoms with Crippen molar-refractivity contribution >= 4 is 5.97 Å². The highest BCUT2D eigenvalue weighted by Crippen LogP contribution is 2.30. The van der Waals surface area contributed by atoms with Crippen LogP contribution in [0.5, 0.6) is 0 Å². The molecule has 0 atom stereocenters. The molecule has 1 rings (SSSR count). The van der Waals surface area contributed by atoms with Gasteiger partial charge in [-0.05, 0) is 31.3 Å². The number of carbonyl (C=O) groups is 1.